The standard InChI is InChI=1S/C18H22N2O2S/c1-2-15(7-6-10-19)17-13-20-18(22-17)14-23-12-11-21-16-8-4-3-5-9-16/h2-9,13H,10-12,14,19H2,1H3/b7-6-,15-2+. The van der Waals surface area contributed by atoms with Gasteiger partial charge in [0.25, 0.3) is 0 Å². The molecule has 0 amide bonds. The maximum Gasteiger partial charge on any atom is 0.204 e. The summed E-state index contributed by atoms with van der Waals surface area (Å²) in [6.45, 7) is 3.14. The van der Waals surface area contributed by atoms with Crippen molar-refractivity contribution in [3.05, 3.63) is 66.4 Å². The predicted octanol–water partition coefficient (Wildman–Crippen LogP) is 3.91. The molecular formula is C18H22N2O2S. The van der Waals surface area contributed by atoms with Gasteiger partial charge in [0.1, 0.15) is 5.75 Å². The Labute approximate surface area is 141 Å². The van der Waals surface area contributed by atoms with Crippen LogP contribution in [0.5, 0.6) is 5.75 Å². The minimum atomic E-state index is 0.510. The second kappa shape index (κ2) is 9.92. The second-order valence-corrected chi connectivity index (χ2v) is 5.82. The Morgan fingerprint density at radius 3 is 2.91 bits per heavy atom. The van der Waals surface area contributed by atoms with E-state index in [-0.39, 0.29) is 0 Å². The van der Waals surface area contributed by atoms with Gasteiger partial charge in [0.05, 0.1) is 18.6 Å². The van der Waals surface area contributed by atoms with Crippen LogP contribution < -0.4 is 10.5 Å². The van der Waals surface area contributed by atoms with Crippen molar-refractivity contribution in [1.82, 2.24) is 4.98 Å². The van der Waals surface area contributed by atoms with Gasteiger partial charge in [-0.2, -0.15) is 0 Å². The number of para-hydroxylation sites is 1. The Bertz CT molecular complexity index is 635. The number of hydrogen-bond acceptors (Lipinski definition) is 5. The van der Waals surface area contributed by atoms with E-state index in [0.29, 0.717) is 13.2 Å². The topological polar surface area (TPSA) is 61.3 Å². The Kier molecular flexibility index (Phi) is 7.49. The third-order valence-electron chi connectivity index (χ3n) is 3.05. The summed E-state index contributed by atoms with van der Waals surface area (Å²) in [4.78, 5) is 4.31. The molecule has 0 aliphatic heterocycles. The van der Waals surface area contributed by atoms with Gasteiger partial charge < -0.3 is 14.9 Å². The fraction of sp³-hybridized carbons (Fsp3) is 0.278. The summed E-state index contributed by atoms with van der Waals surface area (Å²) in [5, 5.41) is 0. The van der Waals surface area contributed by atoms with Gasteiger partial charge >= 0.3 is 0 Å². The largest absolute Gasteiger partial charge is 0.493 e. The van der Waals surface area contributed by atoms with E-state index in [9.17, 15) is 0 Å². The van der Waals surface area contributed by atoms with Crippen molar-refractivity contribution < 1.29 is 9.15 Å². The average Bonchev–Trinajstić information content (AvgIpc) is 3.05. The van der Waals surface area contributed by atoms with Crippen molar-refractivity contribution in [2.24, 2.45) is 5.73 Å². The van der Waals surface area contributed by atoms with E-state index < -0.39 is 0 Å². The summed E-state index contributed by atoms with van der Waals surface area (Å²) in [5.74, 6) is 4.01. The van der Waals surface area contributed by atoms with Crippen molar-refractivity contribution in [1.29, 1.82) is 0 Å². The zero-order valence-corrected chi connectivity index (χ0v) is 14.1. The first-order chi connectivity index (χ1) is 11.3. The molecule has 1 heterocycles. The third-order valence-corrected chi connectivity index (χ3v) is 3.95. The van der Waals surface area contributed by atoms with Gasteiger partial charge in [0, 0.05) is 17.9 Å². The number of nitrogens with two attached hydrogens (primary N) is 1. The van der Waals surface area contributed by atoms with E-state index in [2.05, 4.69) is 4.98 Å². The van der Waals surface area contributed by atoms with Crippen molar-refractivity contribution in [2.75, 3.05) is 18.9 Å². The monoisotopic (exact) mass is 330 g/mol. The molecule has 1 aromatic carbocycles. The lowest BCUT2D eigenvalue weighted by molar-refractivity contribution is 0.344. The molecule has 0 spiro atoms. The maximum atomic E-state index is 5.77. The molecule has 122 valence electrons. The smallest absolute Gasteiger partial charge is 0.204 e. The van der Waals surface area contributed by atoms with Crippen LogP contribution in [0, 0.1) is 0 Å². The van der Waals surface area contributed by atoms with E-state index in [1.54, 1.807) is 18.0 Å². The van der Waals surface area contributed by atoms with Crippen LogP contribution >= 0.6 is 11.8 Å². The molecule has 2 rings (SSSR count). The zero-order valence-electron chi connectivity index (χ0n) is 13.3. The Morgan fingerprint density at radius 1 is 1.35 bits per heavy atom. The van der Waals surface area contributed by atoms with Crippen LogP contribution in [0.15, 0.2) is 59.2 Å². The zero-order chi connectivity index (χ0) is 16.3. The number of oxazole rings is 1. The van der Waals surface area contributed by atoms with Crippen LogP contribution in [0.4, 0.5) is 0 Å². The molecule has 0 saturated carbocycles. The number of hydrogen-bond donors (Lipinski definition) is 1. The van der Waals surface area contributed by atoms with Crippen molar-refractivity contribution in [3.63, 3.8) is 0 Å². The SMILES string of the molecule is C/C=C(\C=C/CN)c1cnc(CSCCOc2ccccc2)o1. The van der Waals surface area contributed by atoms with Crippen molar-refractivity contribution >= 4 is 17.3 Å². The molecule has 0 saturated heterocycles. The van der Waals surface area contributed by atoms with Crippen LogP contribution in [0.2, 0.25) is 0 Å². The Hall–Kier alpha value is -1.98. The highest BCUT2D eigenvalue weighted by Gasteiger charge is 2.06. The number of rotatable bonds is 9. The van der Waals surface area contributed by atoms with Crippen LogP contribution in [0.3, 0.4) is 0 Å². The van der Waals surface area contributed by atoms with Crippen molar-refractivity contribution in [3.8, 4) is 5.75 Å². The molecule has 0 unspecified atom stereocenters. The first-order valence-corrected chi connectivity index (χ1v) is 8.72. The molecule has 5 heteroatoms. The molecule has 1 aromatic heterocycles. The molecule has 2 aromatic rings. The van der Waals surface area contributed by atoms with E-state index in [4.69, 9.17) is 14.9 Å². The number of ether oxygens (including phenoxy) is 1. The van der Waals surface area contributed by atoms with Gasteiger partial charge in [0.15, 0.2) is 5.76 Å². The lowest BCUT2D eigenvalue weighted by atomic mass is 10.2. The van der Waals surface area contributed by atoms with Crippen LogP contribution in [-0.4, -0.2) is 23.9 Å². The Morgan fingerprint density at radius 2 is 2.17 bits per heavy atom. The second-order valence-electron chi connectivity index (χ2n) is 4.71. The normalized spacial score (nSPS) is 12.0. The van der Waals surface area contributed by atoms with Crippen LogP contribution in [0.25, 0.3) is 5.57 Å². The summed E-state index contributed by atoms with van der Waals surface area (Å²) < 4.78 is 11.4. The minimum Gasteiger partial charge on any atom is -0.493 e. The summed E-state index contributed by atoms with van der Waals surface area (Å²) in [7, 11) is 0. The summed E-state index contributed by atoms with van der Waals surface area (Å²) in [5.41, 5.74) is 6.47. The number of benzene rings is 1. The number of aromatic nitrogens is 1. The molecule has 0 radical (unpaired) electrons. The van der Waals surface area contributed by atoms with E-state index in [1.165, 1.54) is 0 Å². The summed E-state index contributed by atoms with van der Waals surface area (Å²) in [6.07, 6.45) is 7.59. The summed E-state index contributed by atoms with van der Waals surface area (Å²) in [6, 6.07) is 9.82. The van der Waals surface area contributed by atoms with Crippen LogP contribution in [-0.2, 0) is 5.75 Å². The highest BCUT2D eigenvalue weighted by atomic mass is 32.2. The minimum absolute atomic E-state index is 0.510. The van der Waals surface area contributed by atoms with Crippen LogP contribution in [0.1, 0.15) is 18.6 Å². The van der Waals surface area contributed by atoms with Gasteiger partial charge in [0.2, 0.25) is 5.89 Å². The maximum absolute atomic E-state index is 5.77. The molecule has 0 bridgehead atoms. The first-order valence-electron chi connectivity index (χ1n) is 7.57. The Balaban J connectivity index is 1.73. The average molecular weight is 330 g/mol. The molecule has 0 aliphatic rings. The first kappa shape index (κ1) is 17.4. The molecule has 0 aliphatic carbocycles. The number of nitrogens with zero attached hydrogens (tertiary/aromatic N) is 1. The van der Waals surface area contributed by atoms with Crippen molar-refractivity contribution in [2.45, 2.75) is 12.7 Å². The molecule has 0 fully saturated rings. The summed E-state index contributed by atoms with van der Waals surface area (Å²) >= 11 is 1.74. The van der Waals surface area contributed by atoms with Gasteiger partial charge in [-0.3, -0.25) is 0 Å². The van der Waals surface area contributed by atoms with Gasteiger partial charge in [-0.1, -0.05) is 36.4 Å². The molecule has 0 atom stereocenters. The molecular weight excluding hydrogens is 308 g/mol. The highest BCUT2D eigenvalue weighted by molar-refractivity contribution is 7.98. The predicted molar refractivity (Wildman–Crippen MR) is 96.4 cm³/mol. The number of allylic oxidation sites excluding steroid dienone is 3. The van der Waals surface area contributed by atoms with E-state index in [0.717, 1.165) is 34.5 Å². The van der Waals surface area contributed by atoms with Gasteiger partial charge in [-0.15, -0.1) is 11.8 Å². The van der Waals surface area contributed by atoms with Gasteiger partial charge in [-0.25, -0.2) is 4.98 Å². The lowest BCUT2D eigenvalue weighted by Crippen LogP contribution is -2.00. The third kappa shape index (κ3) is 5.96. The van der Waals surface area contributed by atoms with E-state index in [1.807, 2.05) is 55.5 Å². The molecule has 23 heavy (non-hydrogen) atoms. The highest BCUT2D eigenvalue weighted by Crippen LogP contribution is 2.20. The molecule has 2 N–H and O–H groups in total. The molecule has 4 nitrogen and oxygen atoms in total. The quantitative estimate of drug-likeness (QED) is 0.558. The number of thioether (sulfide) groups is 1. The fourth-order valence-corrected chi connectivity index (χ4v) is 2.57. The van der Waals surface area contributed by atoms with E-state index >= 15 is 0 Å². The fourth-order valence-electron chi connectivity index (χ4n) is 1.92. The lowest BCUT2D eigenvalue weighted by Gasteiger charge is -2.04. The van der Waals surface area contributed by atoms with Gasteiger partial charge in [-0.05, 0) is 19.1 Å².